The summed E-state index contributed by atoms with van der Waals surface area (Å²) >= 11 is 0. The number of nitrogens with one attached hydrogen (secondary N) is 5. The van der Waals surface area contributed by atoms with Gasteiger partial charge in [0.2, 0.25) is 0 Å². The Labute approximate surface area is 474 Å². The first-order valence-corrected chi connectivity index (χ1v) is 28.2. The zero-order chi connectivity index (χ0) is 56.8. The van der Waals surface area contributed by atoms with E-state index < -0.39 is 11.8 Å². The van der Waals surface area contributed by atoms with Crippen LogP contribution in [0.4, 0.5) is 34.6 Å². The van der Waals surface area contributed by atoms with Gasteiger partial charge in [-0.2, -0.15) is 0 Å². The van der Waals surface area contributed by atoms with E-state index in [1.165, 1.54) is 11.1 Å². The Kier molecular flexibility index (Phi) is 19.3. The molecule has 0 unspecified atom stereocenters. The molecule has 0 radical (unpaired) electrons. The number of likely N-dealkylation sites (tertiary alicyclic amines) is 1. The number of methoxy groups -OCH3 is 2. The first-order valence-electron chi connectivity index (χ1n) is 28.2. The molecule has 9 N–H and O–H groups in total. The van der Waals surface area contributed by atoms with Gasteiger partial charge in [0.15, 0.2) is 23.0 Å². The highest BCUT2D eigenvalue weighted by Gasteiger charge is 2.28. The van der Waals surface area contributed by atoms with Gasteiger partial charge in [-0.3, -0.25) is 19.2 Å². The second-order valence-electron chi connectivity index (χ2n) is 21.5. The largest absolute Gasteiger partial charge is 0.497 e. The molecule has 426 valence electrons. The Morgan fingerprint density at radius 2 is 0.963 bits per heavy atom. The number of rotatable bonds is 17. The summed E-state index contributed by atoms with van der Waals surface area (Å²) in [6.45, 7) is 11.5. The SMILES string of the molecule is COc1ccc(C(=O)N[C@@H]2CCCN(c3cnc(C(N)=O)c(Nc4ccc(C5CCN(C(C)C)CC5)cc4)n3)C2)cc1.COc1ccc(C(=O)N[C@@H]2CCCN(c3cnc(C(N)=O)c(Nc4ccc(C5CCNCC5)cc4)n3)C2)cc1. The van der Waals surface area contributed by atoms with Gasteiger partial charge in [0.05, 0.1) is 26.6 Å². The van der Waals surface area contributed by atoms with Crippen molar-refractivity contribution in [3.05, 3.63) is 143 Å². The first-order chi connectivity index (χ1) is 39.3. The Balaban J connectivity index is 0.000000196. The number of hydrogen-bond donors (Lipinski definition) is 7. The molecule has 0 saturated carbocycles. The number of primary amides is 2. The third-order valence-electron chi connectivity index (χ3n) is 15.7. The number of nitrogens with zero attached hydrogens (tertiary/aromatic N) is 7. The van der Waals surface area contributed by atoms with Crippen molar-refractivity contribution in [2.24, 2.45) is 11.5 Å². The number of aromatic nitrogens is 4. The maximum absolute atomic E-state index is 12.8. The van der Waals surface area contributed by atoms with Crippen LogP contribution in [0.15, 0.2) is 109 Å². The van der Waals surface area contributed by atoms with Crippen LogP contribution in [0, 0.1) is 0 Å². The summed E-state index contributed by atoms with van der Waals surface area (Å²) in [5.74, 6) is 2.85. The van der Waals surface area contributed by atoms with Gasteiger partial charge in [-0.05, 0) is 187 Å². The zero-order valence-corrected chi connectivity index (χ0v) is 46.8. The number of anilines is 6. The lowest BCUT2D eigenvalue weighted by atomic mass is 9.89. The van der Waals surface area contributed by atoms with Crippen molar-refractivity contribution in [3.63, 3.8) is 0 Å². The molecule has 4 amide bonds. The smallest absolute Gasteiger partial charge is 0.271 e. The lowest BCUT2D eigenvalue weighted by Crippen LogP contribution is -2.48. The summed E-state index contributed by atoms with van der Waals surface area (Å²) in [6.07, 6.45) is 11.2. The van der Waals surface area contributed by atoms with Crippen LogP contribution in [-0.4, -0.2) is 133 Å². The monoisotopic (exact) mass is 1100 g/mol. The van der Waals surface area contributed by atoms with E-state index in [0.29, 0.717) is 76.9 Å². The summed E-state index contributed by atoms with van der Waals surface area (Å²) < 4.78 is 10.4. The molecule has 81 heavy (non-hydrogen) atoms. The van der Waals surface area contributed by atoms with Crippen LogP contribution in [0.5, 0.6) is 11.5 Å². The van der Waals surface area contributed by atoms with Crippen molar-refractivity contribution in [1.82, 2.24) is 40.8 Å². The third kappa shape index (κ3) is 15.1. The minimum atomic E-state index is -0.647. The van der Waals surface area contributed by atoms with Gasteiger partial charge in [0.25, 0.3) is 23.6 Å². The molecule has 6 aromatic rings. The molecule has 20 heteroatoms. The Bertz CT molecular complexity index is 3080. The fraction of sp³-hybridized carbons (Fsp3) is 0.410. The zero-order valence-electron chi connectivity index (χ0n) is 46.8. The van der Waals surface area contributed by atoms with E-state index in [0.717, 1.165) is 102 Å². The summed E-state index contributed by atoms with van der Waals surface area (Å²) in [5, 5.41) is 16.2. The molecular weight excluding hydrogens is 1020 g/mol. The second kappa shape index (κ2) is 27.2. The van der Waals surface area contributed by atoms with E-state index >= 15 is 0 Å². The van der Waals surface area contributed by atoms with Crippen LogP contribution in [0.3, 0.4) is 0 Å². The summed E-state index contributed by atoms with van der Waals surface area (Å²) in [6, 6.07) is 31.2. The molecular formula is C61H76N14O6. The molecule has 4 saturated heterocycles. The maximum atomic E-state index is 12.8. The molecule has 2 aromatic heterocycles. The van der Waals surface area contributed by atoms with E-state index in [9.17, 15) is 19.2 Å². The number of carbonyl (C=O) groups is 4. The van der Waals surface area contributed by atoms with Crippen LogP contribution in [-0.2, 0) is 0 Å². The Morgan fingerprint density at radius 1 is 0.556 bits per heavy atom. The van der Waals surface area contributed by atoms with Crippen LogP contribution < -0.4 is 57.3 Å². The minimum Gasteiger partial charge on any atom is -0.497 e. The van der Waals surface area contributed by atoms with Gasteiger partial charge < -0.3 is 62.2 Å². The highest BCUT2D eigenvalue weighted by atomic mass is 16.5. The predicted molar refractivity (Wildman–Crippen MR) is 315 cm³/mol. The van der Waals surface area contributed by atoms with Crippen molar-refractivity contribution in [1.29, 1.82) is 0 Å². The van der Waals surface area contributed by atoms with Crippen molar-refractivity contribution >= 4 is 58.3 Å². The summed E-state index contributed by atoms with van der Waals surface area (Å²) in [5.41, 5.74) is 16.9. The predicted octanol–water partition coefficient (Wildman–Crippen LogP) is 7.51. The van der Waals surface area contributed by atoms with Crippen LogP contribution in [0.1, 0.15) is 130 Å². The number of nitrogens with two attached hydrogens (primary N) is 2. The lowest BCUT2D eigenvalue weighted by Gasteiger charge is -2.34. The van der Waals surface area contributed by atoms with Gasteiger partial charge in [-0.25, -0.2) is 19.9 Å². The fourth-order valence-corrected chi connectivity index (χ4v) is 11.1. The topological polar surface area (TPSA) is 260 Å². The van der Waals surface area contributed by atoms with E-state index in [2.05, 4.69) is 89.4 Å². The average molecular weight is 1100 g/mol. The molecule has 4 fully saturated rings. The number of ether oxygens (including phenoxy) is 2. The average Bonchev–Trinajstić information content (AvgIpc) is 3.50. The van der Waals surface area contributed by atoms with Crippen LogP contribution in [0.25, 0.3) is 0 Å². The highest BCUT2D eigenvalue weighted by Crippen LogP contribution is 2.32. The second-order valence-corrected chi connectivity index (χ2v) is 21.5. The van der Waals surface area contributed by atoms with Gasteiger partial charge in [-0.1, -0.05) is 24.3 Å². The van der Waals surface area contributed by atoms with Gasteiger partial charge in [0, 0.05) is 66.8 Å². The molecule has 0 bridgehead atoms. The molecule has 4 aliphatic heterocycles. The Morgan fingerprint density at radius 3 is 1.35 bits per heavy atom. The molecule has 4 aliphatic rings. The quantitative estimate of drug-likeness (QED) is 0.0466. The van der Waals surface area contributed by atoms with Gasteiger partial charge in [0.1, 0.15) is 23.1 Å². The van der Waals surface area contributed by atoms with E-state index in [4.69, 9.17) is 30.9 Å². The standard InChI is InChI=1S/C32H41N7O3.C29H35N7O3/c1-21(2)38-17-14-23(15-18-38)22-6-10-25(11-7-22)35-31-29(30(33)40)34-19-28(37-31)39-16-4-5-26(20-39)36-32(41)24-8-12-27(42-3)13-9-24;1-39-24-10-6-21(7-11-24)29(38)34-23-3-2-16-36(18-23)25-17-32-26(27(30)37)28(35-25)33-22-8-4-19(5-9-22)20-12-14-31-15-13-20/h6-13,19,21,23,26H,4-5,14-18,20H2,1-3H3,(H2,33,40)(H,35,37)(H,36,41);4-11,17,20,23,31H,2-3,12-16,18H2,1H3,(H2,30,37)(H,33,35)(H,34,38)/t26-;23-/m11/s1. The minimum absolute atomic E-state index is 0.0510. The van der Waals surface area contributed by atoms with Gasteiger partial charge in [-0.15, -0.1) is 0 Å². The molecule has 4 aromatic carbocycles. The van der Waals surface area contributed by atoms with Crippen molar-refractivity contribution in [2.75, 3.05) is 87.0 Å². The molecule has 6 heterocycles. The van der Waals surface area contributed by atoms with E-state index in [1.54, 1.807) is 75.1 Å². The third-order valence-corrected chi connectivity index (χ3v) is 15.7. The fourth-order valence-electron chi connectivity index (χ4n) is 11.1. The van der Waals surface area contributed by atoms with Crippen molar-refractivity contribution in [3.8, 4) is 11.5 Å². The van der Waals surface area contributed by atoms with Crippen molar-refractivity contribution in [2.45, 2.75) is 95.2 Å². The molecule has 10 rings (SSSR count). The number of amides is 4. The maximum Gasteiger partial charge on any atom is 0.271 e. The molecule has 0 spiro atoms. The summed E-state index contributed by atoms with van der Waals surface area (Å²) in [7, 11) is 3.19. The molecule has 2 atom stereocenters. The molecule has 20 nitrogen and oxygen atoms in total. The van der Waals surface area contributed by atoms with E-state index in [1.807, 2.05) is 24.3 Å². The first kappa shape index (κ1) is 57.3. The Hall–Kier alpha value is -8.36. The van der Waals surface area contributed by atoms with Crippen molar-refractivity contribution < 1.29 is 28.7 Å². The molecule has 0 aliphatic carbocycles. The van der Waals surface area contributed by atoms with E-state index in [-0.39, 0.29) is 35.3 Å². The number of carbonyl (C=O) groups excluding carboxylic acids is 4. The lowest BCUT2D eigenvalue weighted by molar-refractivity contribution is 0.0924. The normalized spacial score (nSPS) is 18.0. The summed E-state index contributed by atoms with van der Waals surface area (Å²) in [4.78, 5) is 74.8. The number of benzene rings is 4. The van der Waals surface area contributed by atoms with Crippen LogP contribution >= 0.6 is 0 Å². The number of piperidine rings is 4. The van der Waals surface area contributed by atoms with Crippen LogP contribution in [0.2, 0.25) is 0 Å². The number of hydrogen-bond acceptors (Lipinski definition) is 16. The highest BCUT2D eigenvalue weighted by molar-refractivity contribution is 5.97. The van der Waals surface area contributed by atoms with Gasteiger partial charge >= 0.3 is 0 Å².